The molecule has 0 bridgehead atoms. The van der Waals surface area contributed by atoms with Gasteiger partial charge in [-0.15, -0.1) is 13.2 Å². The van der Waals surface area contributed by atoms with E-state index in [1.54, 1.807) is 17.1 Å². The first-order valence-electron chi connectivity index (χ1n) is 9.25. The average Bonchev–Trinajstić information content (AvgIpc) is 2.97. The normalized spacial score (nSPS) is 20.5. The Bertz CT molecular complexity index is 753. The highest BCUT2D eigenvalue weighted by Gasteiger charge is 2.51. The smallest absolute Gasteiger partial charge is 0.237 e. The van der Waals surface area contributed by atoms with Gasteiger partial charge >= 0.3 is 0 Å². The van der Waals surface area contributed by atoms with Gasteiger partial charge in [-0.05, 0) is 43.4 Å². The third-order valence-electron chi connectivity index (χ3n) is 4.99. The minimum absolute atomic E-state index is 0.0190. The Labute approximate surface area is 161 Å². The van der Waals surface area contributed by atoms with Gasteiger partial charge in [-0.1, -0.05) is 42.5 Å². The van der Waals surface area contributed by atoms with Gasteiger partial charge in [0.2, 0.25) is 5.91 Å². The van der Waals surface area contributed by atoms with E-state index in [0.717, 1.165) is 5.56 Å². The third-order valence-corrected chi connectivity index (χ3v) is 4.99. The SMILES string of the molecule is C=CCN(CC=C)C(=O)C1(CCC(C)=O)CC/C(=C\c2ccccc2)C1=O. The number of nitrogens with zero attached hydrogens (tertiary/aromatic N) is 1. The number of carbonyl (C=O) groups excluding carboxylic acids is 3. The molecule has 27 heavy (non-hydrogen) atoms. The predicted octanol–water partition coefficient (Wildman–Crippen LogP) is 3.99. The minimum atomic E-state index is -1.17. The van der Waals surface area contributed by atoms with Crippen LogP contribution in [0.4, 0.5) is 0 Å². The van der Waals surface area contributed by atoms with E-state index in [0.29, 0.717) is 31.5 Å². The van der Waals surface area contributed by atoms with Crippen LogP contribution in [0.5, 0.6) is 0 Å². The molecule has 0 saturated heterocycles. The number of ketones is 2. The number of hydrogen-bond acceptors (Lipinski definition) is 3. The third kappa shape index (κ3) is 4.70. The molecule has 4 nitrogen and oxygen atoms in total. The molecule has 0 aliphatic heterocycles. The van der Waals surface area contributed by atoms with Crippen molar-refractivity contribution < 1.29 is 14.4 Å². The summed E-state index contributed by atoms with van der Waals surface area (Å²) in [5, 5.41) is 0. The Kier molecular flexibility index (Phi) is 7.05. The first-order chi connectivity index (χ1) is 12.9. The van der Waals surface area contributed by atoms with Crippen LogP contribution in [0.2, 0.25) is 0 Å². The fourth-order valence-corrected chi connectivity index (χ4v) is 3.56. The maximum absolute atomic E-state index is 13.3. The van der Waals surface area contributed by atoms with Crippen LogP contribution in [0.3, 0.4) is 0 Å². The van der Waals surface area contributed by atoms with Gasteiger partial charge in [-0.3, -0.25) is 9.59 Å². The summed E-state index contributed by atoms with van der Waals surface area (Å²) in [5.74, 6) is -0.407. The highest BCUT2D eigenvalue weighted by Crippen LogP contribution is 2.44. The van der Waals surface area contributed by atoms with Crippen molar-refractivity contribution in [3.8, 4) is 0 Å². The van der Waals surface area contributed by atoms with E-state index in [2.05, 4.69) is 13.2 Å². The molecule has 0 radical (unpaired) electrons. The van der Waals surface area contributed by atoms with Gasteiger partial charge in [-0.25, -0.2) is 0 Å². The summed E-state index contributed by atoms with van der Waals surface area (Å²) < 4.78 is 0. The maximum atomic E-state index is 13.3. The van der Waals surface area contributed by atoms with Crippen molar-refractivity contribution in [2.75, 3.05) is 13.1 Å². The Morgan fingerprint density at radius 2 is 1.78 bits per heavy atom. The van der Waals surface area contributed by atoms with Crippen LogP contribution in [0.25, 0.3) is 6.08 Å². The summed E-state index contributed by atoms with van der Waals surface area (Å²) in [6, 6.07) is 9.60. The Morgan fingerprint density at radius 1 is 1.15 bits per heavy atom. The summed E-state index contributed by atoms with van der Waals surface area (Å²) in [6.45, 7) is 9.58. The molecule has 1 fully saturated rings. The molecule has 0 N–H and O–H groups in total. The molecular formula is C23H27NO3. The van der Waals surface area contributed by atoms with Crippen LogP contribution < -0.4 is 0 Å². The lowest BCUT2D eigenvalue weighted by molar-refractivity contribution is -0.147. The molecule has 1 aromatic rings. The summed E-state index contributed by atoms with van der Waals surface area (Å²) in [6.07, 6.45) is 6.56. The van der Waals surface area contributed by atoms with Crippen molar-refractivity contribution in [1.29, 1.82) is 0 Å². The Morgan fingerprint density at radius 3 is 2.33 bits per heavy atom. The van der Waals surface area contributed by atoms with Gasteiger partial charge in [0.05, 0.1) is 0 Å². The van der Waals surface area contributed by atoms with Crippen LogP contribution in [0.1, 0.15) is 38.2 Å². The Hall–Kier alpha value is -2.75. The summed E-state index contributed by atoms with van der Waals surface area (Å²) >= 11 is 0. The van der Waals surface area contributed by atoms with Gasteiger partial charge in [0, 0.05) is 19.5 Å². The number of amides is 1. The van der Waals surface area contributed by atoms with Crippen LogP contribution in [0, 0.1) is 5.41 Å². The second kappa shape index (κ2) is 9.26. The standard InChI is InChI=1S/C23H27NO3/c1-4-15-24(16-5-2)22(27)23(13-11-18(3)25)14-12-20(21(23)26)17-19-9-7-6-8-10-19/h4-10,17H,1-2,11-16H2,3H3/b20-17+. The zero-order valence-corrected chi connectivity index (χ0v) is 15.9. The van der Waals surface area contributed by atoms with Gasteiger partial charge in [0.25, 0.3) is 0 Å². The van der Waals surface area contributed by atoms with Crippen LogP contribution in [-0.2, 0) is 14.4 Å². The van der Waals surface area contributed by atoms with Crippen molar-refractivity contribution in [3.63, 3.8) is 0 Å². The Balaban J connectivity index is 2.39. The molecular weight excluding hydrogens is 338 g/mol. The number of rotatable bonds is 9. The molecule has 1 atom stereocenters. The van der Waals surface area contributed by atoms with Crippen LogP contribution in [0.15, 0.2) is 61.2 Å². The molecule has 0 aromatic heterocycles. The lowest BCUT2D eigenvalue weighted by Gasteiger charge is -2.32. The van der Waals surface area contributed by atoms with Crippen LogP contribution in [-0.4, -0.2) is 35.5 Å². The minimum Gasteiger partial charge on any atom is -0.334 e. The van der Waals surface area contributed by atoms with Crippen LogP contribution >= 0.6 is 0 Å². The second-order valence-corrected chi connectivity index (χ2v) is 6.98. The molecule has 1 aromatic carbocycles. The number of benzene rings is 1. The monoisotopic (exact) mass is 365 g/mol. The largest absolute Gasteiger partial charge is 0.334 e. The maximum Gasteiger partial charge on any atom is 0.237 e. The van der Waals surface area contributed by atoms with E-state index in [4.69, 9.17) is 0 Å². The summed E-state index contributed by atoms with van der Waals surface area (Å²) in [4.78, 5) is 39.8. The van der Waals surface area contributed by atoms with E-state index < -0.39 is 5.41 Å². The highest BCUT2D eigenvalue weighted by atomic mass is 16.2. The number of allylic oxidation sites excluding steroid dienone is 1. The van der Waals surface area contributed by atoms with Crippen molar-refractivity contribution in [1.82, 2.24) is 4.90 Å². The van der Waals surface area contributed by atoms with E-state index in [9.17, 15) is 14.4 Å². The lowest BCUT2D eigenvalue weighted by Crippen LogP contribution is -2.47. The molecule has 2 rings (SSSR count). The van der Waals surface area contributed by atoms with E-state index in [1.807, 2.05) is 36.4 Å². The highest BCUT2D eigenvalue weighted by molar-refractivity contribution is 6.17. The summed E-state index contributed by atoms with van der Waals surface area (Å²) in [5.41, 5.74) is 0.415. The fraction of sp³-hybridized carbons (Fsp3) is 0.348. The predicted molar refractivity (Wildman–Crippen MR) is 108 cm³/mol. The topological polar surface area (TPSA) is 54.5 Å². The van der Waals surface area contributed by atoms with Crippen molar-refractivity contribution in [3.05, 3.63) is 66.8 Å². The molecule has 0 heterocycles. The van der Waals surface area contributed by atoms with E-state index in [-0.39, 0.29) is 30.3 Å². The molecule has 1 saturated carbocycles. The molecule has 1 aliphatic rings. The average molecular weight is 365 g/mol. The number of hydrogen-bond donors (Lipinski definition) is 0. The quantitative estimate of drug-likeness (QED) is 0.378. The molecule has 4 heteroatoms. The lowest BCUT2D eigenvalue weighted by atomic mass is 9.78. The van der Waals surface area contributed by atoms with E-state index >= 15 is 0 Å². The van der Waals surface area contributed by atoms with Gasteiger partial charge in [0.1, 0.15) is 11.2 Å². The second-order valence-electron chi connectivity index (χ2n) is 6.98. The fourth-order valence-electron chi connectivity index (χ4n) is 3.56. The molecule has 0 spiro atoms. The van der Waals surface area contributed by atoms with Gasteiger partial charge in [0.15, 0.2) is 5.78 Å². The number of carbonyl (C=O) groups is 3. The van der Waals surface area contributed by atoms with Gasteiger partial charge < -0.3 is 9.69 Å². The van der Waals surface area contributed by atoms with Gasteiger partial charge in [-0.2, -0.15) is 0 Å². The first-order valence-corrected chi connectivity index (χ1v) is 9.25. The van der Waals surface area contributed by atoms with Crippen molar-refractivity contribution in [2.45, 2.75) is 32.6 Å². The molecule has 1 amide bonds. The van der Waals surface area contributed by atoms with Crippen molar-refractivity contribution >= 4 is 23.5 Å². The number of Topliss-reactive ketones (excluding diaryl/α,β-unsaturated/α-hetero) is 2. The molecule has 1 aliphatic carbocycles. The zero-order valence-electron chi connectivity index (χ0n) is 15.9. The first kappa shape index (κ1) is 20.6. The zero-order chi connectivity index (χ0) is 19.9. The molecule has 1 unspecified atom stereocenters. The molecule has 142 valence electrons. The summed E-state index contributed by atoms with van der Waals surface area (Å²) in [7, 11) is 0. The van der Waals surface area contributed by atoms with E-state index in [1.165, 1.54) is 6.92 Å². The van der Waals surface area contributed by atoms with Crippen molar-refractivity contribution in [2.24, 2.45) is 5.41 Å².